The molecular weight excluding hydrogens is 314 g/mol. The van der Waals surface area contributed by atoms with Crippen molar-refractivity contribution in [1.82, 2.24) is 10.6 Å². The summed E-state index contributed by atoms with van der Waals surface area (Å²) in [6.45, 7) is 0.517. The molecule has 2 aromatic rings. The van der Waals surface area contributed by atoms with Crippen LogP contribution in [0.4, 0.5) is 8.78 Å². The molecule has 0 aliphatic carbocycles. The van der Waals surface area contributed by atoms with Crippen molar-refractivity contribution < 1.29 is 18.3 Å². The number of hydrogen-bond acceptors (Lipinski definition) is 3. The van der Waals surface area contributed by atoms with Crippen molar-refractivity contribution in [3.8, 4) is 5.75 Å². The van der Waals surface area contributed by atoms with E-state index in [1.54, 1.807) is 25.1 Å². The highest BCUT2D eigenvalue weighted by atomic mass is 19.3. The Morgan fingerprint density at radius 1 is 1.17 bits per heavy atom. The molecule has 0 fully saturated rings. The van der Waals surface area contributed by atoms with E-state index in [1.807, 2.05) is 12.1 Å². The minimum absolute atomic E-state index is 0.0761. The van der Waals surface area contributed by atoms with Gasteiger partial charge in [0.05, 0.1) is 6.04 Å². The molecule has 0 aromatic heterocycles. The predicted octanol–water partition coefficient (Wildman–Crippen LogP) is 3.38. The summed E-state index contributed by atoms with van der Waals surface area (Å²) in [6, 6.07) is 11.6. The van der Waals surface area contributed by atoms with E-state index in [2.05, 4.69) is 15.4 Å². The molecule has 1 amide bonds. The van der Waals surface area contributed by atoms with Crippen molar-refractivity contribution in [1.29, 1.82) is 0 Å². The lowest BCUT2D eigenvalue weighted by atomic mass is 10.0. The number of carbonyl (C=O) groups excluding carboxylic acids is 1. The first-order chi connectivity index (χ1) is 11.5. The van der Waals surface area contributed by atoms with E-state index in [4.69, 9.17) is 0 Å². The molecule has 0 spiro atoms. The SMILES string of the molecule is CC(NC(=O)c1ccc2c(c1)CNC2)c1cccc(OC(F)F)c1. The maximum Gasteiger partial charge on any atom is 0.387 e. The summed E-state index contributed by atoms with van der Waals surface area (Å²) in [5, 5.41) is 6.12. The number of ether oxygens (including phenoxy) is 1. The van der Waals surface area contributed by atoms with Crippen LogP contribution < -0.4 is 15.4 Å². The van der Waals surface area contributed by atoms with Gasteiger partial charge in [-0.25, -0.2) is 0 Å². The second kappa shape index (κ2) is 6.97. The van der Waals surface area contributed by atoms with Gasteiger partial charge in [-0.2, -0.15) is 8.78 Å². The quantitative estimate of drug-likeness (QED) is 0.882. The van der Waals surface area contributed by atoms with E-state index < -0.39 is 6.61 Å². The number of rotatable bonds is 5. The third kappa shape index (κ3) is 3.71. The molecule has 0 bridgehead atoms. The van der Waals surface area contributed by atoms with Crippen LogP contribution in [0.3, 0.4) is 0 Å². The van der Waals surface area contributed by atoms with Crippen molar-refractivity contribution in [3.05, 3.63) is 64.7 Å². The Bertz CT molecular complexity index is 750. The molecule has 24 heavy (non-hydrogen) atoms. The highest BCUT2D eigenvalue weighted by Crippen LogP contribution is 2.22. The summed E-state index contributed by atoms with van der Waals surface area (Å²) in [4.78, 5) is 12.4. The molecule has 1 atom stereocenters. The number of alkyl halides is 2. The maximum atomic E-state index is 12.4. The van der Waals surface area contributed by atoms with E-state index in [1.165, 1.54) is 17.7 Å². The topological polar surface area (TPSA) is 50.4 Å². The van der Waals surface area contributed by atoms with Crippen LogP contribution in [0.2, 0.25) is 0 Å². The Morgan fingerprint density at radius 3 is 2.75 bits per heavy atom. The number of halogens is 2. The van der Waals surface area contributed by atoms with E-state index in [-0.39, 0.29) is 17.7 Å². The molecule has 1 aliphatic rings. The van der Waals surface area contributed by atoms with E-state index >= 15 is 0 Å². The third-order valence-corrected chi connectivity index (χ3v) is 4.03. The van der Waals surface area contributed by atoms with Gasteiger partial charge < -0.3 is 15.4 Å². The zero-order valence-electron chi connectivity index (χ0n) is 13.2. The van der Waals surface area contributed by atoms with Crippen molar-refractivity contribution in [2.24, 2.45) is 0 Å². The van der Waals surface area contributed by atoms with Gasteiger partial charge in [0, 0.05) is 18.7 Å². The highest BCUT2D eigenvalue weighted by molar-refractivity contribution is 5.94. The zero-order chi connectivity index (χ0) is 17.1. The molecule has 1 heterocycles. The Balaban J connectivity index is 1.70. The van der Waals surface area contributed by atoms with Crippen LogP contribution >= 0.6 is 0 Å². The largest absolute Gasteiger partial charge is 0.435 e. The number of carbonyl (C=O) groups is 1. The Kier molecular flexibility index (Phi) is 4.76. The number of amides is 1. The van der Waals surface area contributed by atoms with Gasteiger partial charge >= 0.3 is 6.61 Å². The Labute approximate surface area is 138 Å². The van der Waals surface area contributed by atoms with Crippen LogP contribution in [-0.4, -0.2) is 12.5 Å². The Morgan fingerprint density at radius 2 is 1.96 bits per heavy atom. The van der Waals surface area contributed by atoms with E-state index in [9.17, 15) is 13.6 Å². The molecule has 0 saturated heterocycles. The van der Waals surface area contributed by atoms with Gasteiger partial charge in [0.1, 0.15) is 5.75 Å². The standard InChI is InChI=1S/C18H18F2N2O2/c1-11(12-3-2-4-16(8-12)24-18(19)20)22-17(23)13-5-6-14-9-21-10-15(14)7-13/h2-8,11,18,21H,9-10H2,1H3,(H,22,23). The highest BCUT2D eigenvalue weighted by Gasteiger charge is 2.16. The van der Waals surface area contributed by atoms with Crippen molar-refractivity contribution in [3.63, 3.8) is 0 Å². The number of hydrogen-bond donors (Lipinski definition) is 2. The average Bonchev–Trinajstić information content (AvgIpc) is 3.02. The van der Waals surface area contributed by atoms with Crippen LogP contribution in [0.5, 0.6) is 5.75 Å². The summed E-state index contributed by atoms with van der Waals surface area (Å²) in [5.74, 6) is -0.121. The number of fused-ring (bicyclic) bond motifs is 1. The average molecular weight is 332 g/mol. The molecule has 1 unspecified atom stereocenters. The summed E-state index contributed by atoms with van der Waals surface area (Å²) < 4.78 is 29.0. The first kappa shape index (κ1) is 16.4. The van der Waals surface area contributed by atoms with Crippen LogP contribution in [0.15, 0.2) is 42.5 Å². The molecule has 1 aliphatic heterocycles. The van der Waals surface area contributed by atoms with Gasteiger partial charge in [-0.1, -0.05) is 18.2 Å². The predicted molar refractivity (Wildman–Crippen MR) is 85.9 cm³/mol. The minimum atomic E-state index is -2.87. The second-order valence-electron chi connectivity index (χ2n) is 5.73. The molecule has 0 radical (unpaired) electrons. The van der Waals surface area contributed by atoms with Gasteiger partial charge in [-0.15, -0.1) is 0 Å². The molecule has 6 heteroatoms. The molecule has 2 N–H and O–H groups in total. The van der Waals surface area contributed by atoms with E-state index in [0.717, 1.165) is 18.7 Å². The molecule has 4 nitrogen and oxygen atoms in total. The minimum Gasteiger partial charge on any atom is -0.435 e. The van der Waals surface area contributed by atoms with Crippen molar-refractivity contribution in [2.45, 2.75) is 32.7 Å². The molecule has 0 saturated carbocycles. The fourth-order valence-electron chi connectivity index (χ4n) is 2.76. The monoisotopic (exact) mass is 332 g/mol. The van der Waals surface area contributed by atoms with E-state index in [0.29, 0.717) is 11.1 Å². The fraction of sp³-hybridized carbons (Fsp3) is 0.278. The normalized spacial score (nSPS) is 14.3. The third-order valence-electron chi connectivity index (χ3n) is 4.03. The van der Waals surface area contributed by atoms with Gasteiger partial charge in [0.2, 0.25) is 0 Å². The fourth-order valence-corrected chi connectivity index (χ4v) is 2.76. The molecule has 126 valence electrons. The van der Waals surface area contributed by atoms with Gasteiger partial charge in [-0.3, -0.25) is 4.79 Å². The zero-order valence-corrected chi connectivity index (χ0v) is 13.2. The van der Waals surface area contributed by atoms with Gasteiger partial charge in [-0.05, 0) is 47.9 Å². The molecule has 2 aromatic carbocycles. The first-order valence-electron chi connectivity index (χ1n) is 7.71. The van der Waals surface area contributed by atoms with Crippen molar-refractivity contribution >= 4 is 5.91 Å². The first-order valence-corrected chi connectivity index (χ1v) is 7.71. The number of benzene rings is 2. The van der Waals surface area contributed by atoms with Gasteiger partial charge in [0.15, 0.2) is 0 Å². The summed E-state index contributed by atoms with van der Waals surface area (Å²) in [5.41, 5.74) is 3.62. The van der Waals surface area contributed by atoms with Crippen molar-refractivity contribution in [2.75, 3.05) is 0 Å². The molecular formula is C18H18F2N2O2. The maximum absolute atomic E-state index is 12.4. The smallest absolute Gasteiger partial charge is 0.387 e. The lowest BCUT2D eigenvalue weighted by Crippen LogP contribution is -2.26. The lowest BCUT2D eigenvalue weighted by Gasteiger charge is -2.16. The number of nitrogens with one attached hydrogen (secondary N) is 2. The van der Waals surface area contributed by atoms with Crippen LogP contribution in [0.25, 0.3) is 0 Å². The second-order valence-corrected chi connectivity index (χ2v) is 5.73. The van der Waals surface area contributed by atoms with Crippen LogP contribution in [-0.2, 0) is 13.1 Å². The van der Waals surface area contributed by atoms with Crippen LogP contribution in [0.1, 0.15) is 40.0 Å². The lowest BCUT2D eigenvalue weighted by molar-refractivity contribution is -0.0499. The van der Waals surface area contributed by atoms with Crippen LogP contribution in [0, 0.1) is 0 Å². The summed E-state index contributed by atoms with van der Waals surface area (Å²) >= 11 is 0. The van der Waals surface area contributed by atoms with Gasteiger partial charge in [0.25, 0.3) is 5.91 Å². The summed E-state index contributed by atoms with van der Waals surface area (Å²) in [6.07, 6.45) is 0. The molecule has 3 rings (SSSR count). The summed E-state index contributed by atoms with van der Waals surface area (Å²) in [7, 11) is 0. The Hall–Kier alpha value is -2.47.